The third-order valence-corrected chi connectivity index (χ3v) is 3.63. The smallest absolute Gasteiger partial charge is 0.243 e. The molecule has 1 unspecified atom stereocenters. The van der Waals surface area contributed by atoms with Gasteiger partial charge in [-0.25, -0.2) is 5.06 Å². The number of benzene rings is 1. The van der Waals surface area contributed by atoms with Gasteiger partial charge in [-0.1, -0.05) is 42.5 Å². The van der Waals surface area contributed by atoms with Crippen LogP contribution in [0.1, 0.15) is 18.9 Å². The quantitative estimate of drug-likeness (QED) is 0.476. The zero-order chi connectivity index (χ0) is 15.2. The minimum Gasteiger partial charge on any atom is -0.390 e. The Morgan fingerprint density at radius 1 is 1.38 bits per heavy atom. The Morgan fingerprint density at radius 3 is 2.76 bits per heavy atom. The molecule has 0 heterocycles. The van der Waals surface area contributed by atoms with E-state index in [2.05, 4.69) is 0 Å². The lowest BCUT2D eigenvalue weighted by atomic mass is 10.0. The first-order chi connectivity index (χ1) is 10.1. The van der Waals surface area contributed by atoms with E-state index in [-0.39, 0.29) is 18.6 Å². The first-order valence-corrected chi connectivity index (χ1v) is 7.04. The van der Waals surface area contributed by atoms with Crippen LogP contribution in [0.4, 0.5) is 0 Å². The van der Waals surface area contributed by atoms with Crippen LogP contribution in [0.25, 0.3) is 0 Å². The topological polar surface area (TPSA) is 70.0 Å². The Kier molecular flexibility index (Phi) is 5.50. The van der Waals surface area contributed by atoms with E-state index in [1.165, 1.54) is 6.92 Å². The maximum absolute atomic E-state index is 11.1. The van der Waals surface area contributed by atoms with Gasteiger partial charge in [-0.15, -0.1) is 0 Å². The maximum Gasteiger partial charge on any atom is 0.243 e. The minimum absolute atomic E-state index is 0.111. The van der Waals surface area contributed by atoms with E-state index in [1.807, 2.05) is 36.4 Å². The molecule has 21 heavy (non-hydrogen) atoms. The number of hydrogen-bond donors (Lipinski definition) is 2. The minimum atomic E-state index is -0.643. The van der Waals surface area contributed by atoms with E-state index in [9.17, 15) is 15.1 Å². The number of hydrogen-bond acceptors (Lipinski definition) is 4. The van der Waals surface area contributed by atoms with Crippen LogP contribution >= 0.6 is 0 Å². The molecule has 1 aromatic carbocycles. The second-order valence-electron chi connectivity index (χ2n) is 5.28. The molecular weight excluding hydrogens is 270 g/mol. The van der Waals surface area contributed by atoms with Crippen molar-refractivity contribution in [3.8, 4) is 0 Å². The second-order valence-corrected chi connectivity index (χ2v) is 5.28. The average molecular weight is 291 g/mol. The van der Waals surface area contributed by atoms with Gasteiger partial charge < -0.3 is 9.84 Å². The molecule has 114 valence electrons. The van der Waals surface area contributed by atoms with Crippen LogP contribution in [0.15, 0.2) is 42.5 Å². The standard InChI is InChI=1S/C16H21NO4/c1-12(18)17(20)15-8-7-14(9-15)16(19)11-21-10-13-5-3-2-4-6-13/h2-8,14-16,19-20H,9-11H2,1H3/t14-,15+,16?/m0/s1. The van der Waals surface area contributed by atoms with Crippen molar-refractivity contribution in [2.45, 2.75) is 32.1 Å². The normalized spacial score (nSPS) is 22.2. The zero-order valence-electron chi connectivity index (χ0n) is 12.1. The third-order valence-electron chi connectivity index (χ3n) is 3.63. The first kappa shape index (κ1) is 15.7. The maximum atomic E-state index is 11.1. The van der Waals surface area contributed by atoms with Gasteiger partial charge in [0.2, 0.25) is 5.91 Å². The fraction of sp³-hybridized carbons (Fsp3) is 0.438. The molecule has 0 saturated heterocycles. The van der Waals surface area contributed by atoms with E-state index < -0.39 is 12.0 Å². The number of ether oxygens (including phenoxy) is 1. The molecular formula is C16H21NO4. The highest BCUT2D eigenvalue weighted by molar-refractivity contribution is 5.72. The van der Waals surface area contributed by atoms with Crippen LogP contribution in [0.5, 0.6) is 0 Å². The van der Waals surface area contributed by atoms with Gasteiger partial charge in [-0.05, 0) is 12.0 Å². The summed E-state index contributed by atoms with van der Waals surface area (Å²) in [7, 11) is 0. The van der Waals surface area contributed by atoms with Crippen molar-refractivity contribution >= 4 is 5.91 Å². The van der Waals surface area contributed by atoms with E-state index in [4.69, 9.17) is 4.74 Å². The largest absolute Gasteiger partial charge is 0.390 e. The summed E-state index contributed by atoms with van der Waals surface area (Å²) < 4.78 is 5.51. The Balaban J connectivity index is 1.74. The fourth-order valence-electron chi connectivity index (χ4n) is 2.40. The van der Waals surface area contributed by atoms with Crippen molar-refractivity contribution in [2.24, 2.45) is 5.92 Å². The van der Waals surface area contributed by atoms with Crippen molar-refractivity contribution in [1.29, 1.82) is 0 Å². The highest BCUT2D eigenvalue weighted by atomic mass is 16.5. The van der Waals surface area contributed by atoms with Gasteiger partial charge in [0.15, 0.2) is 0 Å². The van der Waals surface area contributed by atoms with E-state index >= 15 is 0 Å². The molecule has 5 heteroatoms. The number of carbonyl (C=O) groups excluding carboxylic acids is 1. The van der Waals surface area contributed by atoms with Gasteiger partial charge in [0.25, 0.3) is 0 Å². The van der Waals surface area contributed by atoms with Crippen LogP contribution in [0.2, 0.25) is 0 Å². The molecule has 1 aromatic rings. The average Bonchev–Trinajstić information content (AvgIpc) is 2.97. The highest BCUT2D eigenvalue weighted by Crippen LogP contribution is 2.25. The van der Waals surface area contributed by atoms with Gasteiger partial charge in [-0.2, -0.15) is 0 Å². The summed E-state index contributed by atoms with van der Waals surface area (Å²) >= 11 is 0. The number of carbonyl (C=O) groups is 1. The van der Waals surface area contributed by atoms with Crippen LogP contribution in [-0.4, -0.2) is 40.0 Å². The Labute approximate surface area is 124 Å². The second kappa shape index (κ2) is 7.36. The monoisotopic (exact) mass is 291 g/mol. The molecule has 0 fully saturated rings. The van der Waals surface area contributed by atoms with Gasteiger partial charge in [0, 0.05) is 12.8 Å². The number of nitrogens with zero attached hydrogens (tertiary/aromatic N) is 1. The van der Waals surface area contributed by atoms with Gasteiger partial charge in [-0.3, -0.25) is 10.0 Å². The predicted molar refractivity (Wildman–Crippen MR) is 77.4 cm³/mol. The molecule has 0 spiro atoms. The van der Waals surface area contributed by atoms with Crippen LogP contribution < -0.4 is 0 Å². The van der Waals surface area contributed by atoms with Crippen molar-refractivity contribution in [3.05, 3.63) is 48.0 Å². The Hall–Kier alpha value is -1.69. The molecule has 0 aromatic heterocycles. The summed E-state index contributed by atoms with van der Waals surface area (Å²) in [6.45, 7) is 1.99. The number of rotatable bonds is 6. The Bertz CT molecular complexity index is 488. The van der Waals surface area contributed by atoms with Crippen LogP contribution in [0, 0.1) is 5.92 Å². The molecule has 5 nitrogen and oxygen atoms in total. The third kappa shape index (κ3) is 4.39. The molecule has 0 aliphatic heterocycles. The SMILES string of the molecule is CC(=O)N(O)[C@@H]1C=C[C@H](C(O)COCc2ccccc2)C1. The van der Waals surface area contributed by atoms with Gasteiger partial charge >= 0.3 is 0 Å². The summed E-state index contributed by atoms with van der Waals surface area (Å²) in [4.78, 5) is 11.1. The molecule has 1 aliphatic carbocycles. The highest BCUT2D eigenvalue weighted by Gasteiger charge is 2.29. The Morgan fingerprint density at radius 2 is 2.10 bits per heavy atom. The van der Waals surface area contributed by atoms with E-state index in [0.29, 0.717) is 18.1 Å². The summed E-state index contributed by atoms with van der Waals surface area (Å²) in [6.07, 6.45) is 3.43. The van der Waals surface area contributed by atoms with E-state index in [0.717, 1.165) is 5.56 Å². The van der Waals surface area contributed by atoms with Crippen molar-refractivity contribution < 1.29 is 19.8 Å². The molecule has 1 amide bonds. The zero-order valence-corrected chi connectivity index (χ0v) is 12.1. The molecule has 2 rings (SSSR count). The molecule has 0 radical (unpaired) electrons. The molecule has 3 atom stereocenters. The summed E-state index contributed by atoms with van der Waals surface area (Å²) in [5.74, 6) is -0.514. The number of aliphatic hydroxyl groups is 1. The summed E-state index contributed by atoms with van der Waals surface area (Å²) in [6, 6.07) is 9.39. The van der Waals surface area contributed by atoms with Gasteiger partial charge in [0.1, 0.15) is 0 Å². The summed E-state index contributed by atoms with van der Waals surface area (Å²) in [5.41, 5.74) is 1.06. The lowest BCUT2D eigenvalue weighted by Gasteiger charge is -2.22. The lowest BCUT2D eigenvalue weighted by molar-refractivity contribution is -0.169. The number of amides is 1. The number of aliphatic hydroxyl groups excluding tert-OH is 1. The van der Waals surface area contributed by atoms with Crippen LogP contribution in [-0.2, 0) is 16.1 Å². The summed E-state index contributed by atoms with van der Waals surface area (Å²) in [5, 5.41) is 20.4. The van der Waals surface area contributed by atoms with Crippen LogP contribution in [0.3, 0.4) is 0 Å². The lowest BCUT2D eigenvalue weighted by Crippen LogP contribution is -2.35. The molecule has 2 N–H and O–H groups in total. The first-order valence-electron chi connectivity index (χ1n) is 7.04. The van der Waals surface area contributed by atoms with Crippen molar-refractivity contribution in [1.82, 2.24) is 5.06 Å². The van der Waals surface area contributed by atoms with Crippen molar-refractivity contribution in [2.75, 3.05) is 6.61 Å². The molecule has 0 saturated carbocycles. The predicted octanol–water partition coefficient (Wildman–Crippen LogP) is 1.75. The van der Waals surface area contributed by atoms with E-state index in [1.54, 1.807) is 6.08 Å². The molecule has 0 bridgehead atoms. The fourth-order valence-corrected chi connectivity index (χ4v) is 2.40. The van der Waals surface area contributed by atoms with Crippen molar-refractivity contribution in [3.63, 3.8) is 0 Å². The number of hydroxylamine groups is 2. The molecule has 1 aliphatic rings. The van der Waals surface area contributed by atoms with Gasteiger partial charge in [0.05, 0.1) is 25.4 Å².